The van der Waals surface area contributed by atoms with Gasteiger partial charge in [0.1, 0.15) is 5.04 Å². The first-order chi connectivity index (χ1) is 8.24. The quantitative estimate of drug-likeness (QED) is 0.853. The Balaban J connectivity index is 1.99. The number of aromatic amines is 1. The largest absolute Gasteiger partial charge is 0.480 e. The number of aliphatic carboxylic acids is 1. The normalized spacial score (nSPS) is 19.5. The van der Waals surface area contributed by atoms with Crippen LogP contribution in [0, 0.1) is 0 Å². The van der Waals surface area contributed by atoms with Crippen molar-refractivity contribution in [2.75, 3.05) is 5.75 Å². The summed E-state index contributed by atoms with van der Waals surface area (Å²) in [6.45, 7) is 0. The Morgan fingerprint density at radius 3 is 3.00 bits per heavy atom. The maximum atomic E-state index is 10.8. The summed E-state index contributed by atoms with van der Waals surface area (Å²) in [6, 6.07) is 9.35. The smallest absolute Gasteiger partial charge is 0.329 e. The van der Waals surface area contributed by atoms with Crippen molar-refractivity contribution in [2.24, 2.45) is 4.99 Å². The number of aromatic nitrogens is 1. The van der Waals surface area contributed by atoms with E-state index in [2.05, 4.69) is 9.98 Å². The van der Waals surface area contributed by atoms with Gasteiger partial charge in [0.25, 0.3) is 0 Å². The lowest BCUT2D eigenvalue weighted by molar-refractivity contribution is -0.137. The third-order valence-electron chi connectivity index (χ3n) is 2.70. The van der Waals surface area contributed by atoms with Gasteiger partial charge in [0, 0.05) is 16.7 Å². The van der Waals surface area contributed by atoms with Crippen molar-refractivity contribution in [3.05, 3.63) is 36.0 Å². The minimum Gasteiger partial charge on any atom is -0.480 e. The SMILES string of the molecule is O=C(O)[C@@H]1CSC(c2cc3ccccc3[nH]2)=N1. The topological polar surface area (TPSA) is 65.4 Å². The summed E-state index contributed by atoms with van der Waals surface area (Å²) in [5.41, 5.74) is 1.95. The van der Waals surface area contributed by atoms with Gasteiger partial charge in [-0.05, 0) is 12.1 Å². The van der Waals surface area contributed by atoms with Crippen LogP contribution in [0.25, 0.3) is 10.9 Å². The number of benzene rings is 1. The van der Waals surface area contributed by atoms with E-state index in [1.807, 2.05) is 30.3 Å². The second-order valence-corrected chi connectivity index (χ2v) is 4.88. The van der Waals surface area contributed by atoms with E-state index in [-0.39, 0.29) is 0 Å². The number of carboxylic acid groups (broad SMARTS) is 1. The highest BCUT2D eigenvalue weighted by molar-refractivity contribution is 8.14. The first kappa shape index (κ1) is 10.4. The van der Waals surface area contributed by atoms with E-state index < -0.39 is 12.0 Å². The Hall–Kier alpha value is -1.75. The number of H-pyrrole nitrogens is 1. The lowest BCUT2D eigenvalue weighted by Crippen LogP contribution is -2.17. The molecule has 4 nitrogen and oxygen atoms in total. The van der Waals surface area contributed by atoms with Crippen molar-refractivity contribution < 1.29 is 9.90 Å². The van der Waals surface area contributed by atoms with Crippen molar-refractivity contribution in [1.29, 1.82) is 0 Å². The van der Waals surface area contributed by atoms with Crippen LogP contribution < -0.4 is 0 Å². The average molecular weight is 246 g/mol. The van der Waals surface area contributed by atoms with Crippen molar-refractivity contribution in [2.45, 2.75) is 6.04 Å². The minimum atomic E-state index is -0.858. The standard InChI is InChI=1S/C12H10N2O2S/c15-12(16)10-6-17-11(14-10)9-5-7-3-1-2-4-8(7)13-9/h1-5,10,13H,6H2,(H,15,16)/t10-/m0/s1. The molecule has 2 N–H and O–H groups in total. The minimum absolute atomic E-state index is 0.514. The number of aliphatic imine (C=N–C) groups is 1. The monoisotopic (exact) mass is 246 g/mol. The Bertz CT molecular complexity index is 585. The van der Waals surface area contributed by atoms with Crippen LogP contribution in [-0.4, -0.2) is 32.9 Å². The van der Waals surface area contributed by atoms with E-state index in [1.165, 1.54) is 11.8 Å². The Kier molecular flexibility index (Phi) is 2.40. The Morgan fingerprint density at radius 2 is 2.29 bits per heavy atom. The summed E-state index contributed by atoms with van der Waals surface area (Å²) in [6.07, 6.45) is 0. The first-order valence-electron chi connectivity index (χ1n) is 5.25. The summed E-state index contributed by atoms with van der Waals surface area (Å²) in [5, 5.41) is 10.8. The summed E-state index contributed by atoms with van der Waals surface area (Å²) in [4.78, 5) is 18.3. The van der Waals surface area contributed by atoms with E-state index in [0.717, 1.165) is 21.6 Å². The number of hydrogen-bond acceptors (Lipinski definition) is 3. The highest BCUT2D eigenvalue weighted by atomic mass is 32.2. The van der Waals surface area contributed by atoms with Crippen LogP contribution in [0.2, 0.25) is 0 Å². The number of para-hydroxylation sites is 1. The fourth-order valence-corrected chi connectivity index (χ4v) is 2.84. The van der Waals surface area contributed by atoms with Gasteiger partial charge in [0.2, 0.25) is 0 Å². The van der Waals surface area contributed by atoms with Crippen LogP contribution in [0.1, 0.15) is 5.69 Å². The van der Waals surface area contributed by atoms with Crippen molar-refractivity contribution in [1.82, 2.24) is 4.98 Å². The molecule has 1 aliphatic heterocycles. The van der Waals surface area contributed by atoms with E-state index in [9.17, 15) is 4.79 Å². The van der Waals surface area contributed by atoms with E-state index >= 15 is 0 Å². The molecule has 1 aromatic carbocycles. The van der Waals surface area contributed by atoms with Gasteiger partial charge >= 0.3 is 5.97 Å². The second-order valence-electron chi connectivity index (χ2n) is 3.87. The van der Waals surface area contributed by atoms with Crippen molar-refractivity contribution >= 4 is 33.7 Å². The molecule has 0 radical (unpaired) electrons. The molecule has 0 amide bonds. The van der Waals surface area contributed by atoms with Crippen LogP contribution in [0.5, 0.6) is 0 Å². The predicted octanol–water partition coefficient (Wildman–Crippen LogP) is 2.11. The molecule has 0 saturated carbocycles. The van der Waals surface area contributed by atoms with E-state index in [4.69, 9.17) is 5.11 Å². The molecule has 17 heavy (non-hydrogen) atoms. The number of carboxylic acids is 1. The number of nitrogens with zero attached hydrogens (tertiary/aromatic N) is 1. The maximum Gasteiger partial charge on any atom is 0.329 e. The van der Waals surface area contributed by atoms with E-state index in [0.29, 0.717) is 5.75 Å². The van der Waals surface area contributed by atoms with Crippen LogP contribution >= 0.6 is 11.8 Å². The summed E-state index contributed by atoms with van der Waals surface area (Å²) < 4.78 is 0. The zero-order valence-electron chi connectivity index (χ0n) is 8.88. The van der Waals surface area contributed by atoms with Gasteiger partial charge in [-0.2, -0.15) is 0 Å². The third kappa shape index (κ3) is 1.82. The molecule has 0 bridgehead atoms. The number of nitrogens with one attached hydrogen (secondary N) is 1. The van der Waals surface area contributed by atoms with Crippen LogP contribution in [0.15, 0.2) is 35.3 Å². The second kappa shape index (κ2) is 3.92. The molecule has 2 aromatic rings. The van der Waals surface area contributed by atoms with Gasteiger partial charge < -0.3 is 10.1 Å². The Labute approximate surface area is 102 Å². The van der Waals surface area contributed by atoms with Gasteiger partial charge in [-0.1, -0.05) is 18.2 Å². The Morgan fingerprint density at radius 1 is 1.47 bits per heavy atom. The van der Waals surface area contributed by atoms with Gasteiger partial charge in [-0.3, -0.25) is 4.99 Å². The zero-order chi connectivity index (χ0) is 11.8. The number of thioether (sulfide) groups is 1. The number of hydrogen-bond donors (Lipinski definition) is 2. The number of fused-ring (bicyclic) bond motifs is 1. The number of rotatable bonds is 2. The summed E-state index contributed by atoms with van der Waals surface area (Å²) in [7, 11) is 0. The zero-order valence-corrected chi connectivity index (χ0v) is 9.70. The highest BCUT2D eigenvalue weighted by Crippen LogP contribution is 2.25. The molecule has 86 valence electrons. The van der Waals surface area contributed by atoms with Crippen LogP contribution in [0.3, 0.4) is 0 Å². The molecule has 1 aromatic heterocycles. The van der Waals surface area contributed by atoms with Crippen molar-refractivity contribution in [3.63, 3.8) is 0 Å². The molecule has 1 aliphatic rings. The molecular weight excluding hydrogens is 236 g/mol. The highest BCUT2D eigenvalue weighted by Gasteiger charge is 2.25. The maximum absolute atomic E-state index is 10.8. The lowest BCUT2D eigenvalue weighted by atomic mass is 10.2. The van der Waals surface area contributed by atoms with Gasteiger partial charge in [-0.25, -0.2) is 4.79 Å². The molecule has 1 atom stereocenters. The molecule has 0 spiro atoms. The molecule has 2 heterocycles. The fourth-order valence-electron chi connectivity index (χ4n) is 1.84. The predicted molar refractivity (Wildman–Crippen MR) is 68.7 cm³/mol. The van der Waals surface area contributed by atoms with Crippen LogP contribution in [0.4, 0.5) is 0 Å². The summed E-state index contributed by atoms with van der Waals surface area (Å²) >= 11 is 1.49. The van der Waals surface area contributed by atoms with Crippen molar-refractivity contribution in [3.8, 4) is 0 Å². The number of carbonyl (C=O) groups is 1. The summed E-state index contributed by atoms with van der Waals surface area (Å²) in [5.74, 6) is -0.344. The molecule has 0 saturated heterocycles. The fraction of sp³-hybridized carbons (Fsp3) is 0.167. The molecule has 0 fully saturated rings. The van der Waals surface area contributed by atoms with Crippen LogP contribution in [-0.2, 0) is 4.79 Å². The first-order valence-corrected chi connectivity index (χ1v) is 6.24. The van der Waals surface area contributed by atoms with Gasteiger partial charge in [-0.15, -0.1) is 11.8 Å². The molecule has 3 rings (SSSR count). The molecule has 5 heteroatoms. The molecule has 0 aliphatic carbocycles. The molecule has 0 unspecified atom stereocenters. The van der Waals surface area contributed by atoms with Gasteiger partial charge in [0.15, 0.2) is 6.04 Å². The molecular formula is C12H10N2O2S. The van der Waals surface area contributed by atoms with E-state index in [1.54, 1.807) is 0 Å². The van der Waals surface area contributed by atoms with Gasteiger partial charge in [0.05, 0.1) is 5.69 Å². The lowest BCUT2D eigenvalue weighted by Gasteiger charge is -1.94. The average Bonchev–Trinajstić information content (AvgIpc) is 2.95. The third-order valence-corrected chi connectivity index (χ3v) is 3.78.